The van der Waals surface area contributed by atoms with E-state index in [2.05, 4.69) is 8.71 Å². The molecule has 1 N–H and O–H groups in total. The van der Waals surface area contributed by atoms with Crippen LogP contribution < -0.4 is 0 Å². The molecule has 0 heterocycles. The first-order valence-electron chi connectivity index (χ1n) is 3.35. The first kappa shape index (κ1) is 12.9. The molecule has 0 bridgehead atoms. The number of allylic oxidation sites excluding steroid dienone is 1. The third kappa shape index (κ3) is 4.10. The second kappa shape index (κ2) is 6.39. The minimum absolute atomic E-state index is 0.169. The maximum atomic E-state index is 11.4. The van der Waals surface area contributed by atoms with Gasteiger partial charge in [-0.1, -0.05) is 0 Å². The Morgan fingerprint density at radius 1 is 1.54 bits per heavy atom. The molecule has 6 heteroatoms. The summed E-state index contributed by atoms with van der Waals surface area (Å²) in [5.74, 6) is -0.472. The Bertz CT molecular complexity index is 304. The number of carbonyl (C=O) groups excluding carboxylic acids is 1. The molecule has 0 aliphatic carbocycles. The van der Waals surface area contributed by atoms with E-state index >= 15 is 0 Å². The standard InChI is InChI=1S/C7H8N2O2.2W/c1-3-5(6(10)4-2)7(11)9-8;;/h3H,1-2H3,(H,9,11);;. The van der Waals surface area contributed by atoms with Gasteiger partial charge in [0.15, 0.2) is 0 Å². The van der Waals surface area contributed by atoms with Crippen LogP contribution in [0.1, 0.15) is 13.8 Å². The molecule has 0 amide bonds. The molecule has 0 aliphatic rings. The van der Waals surface area contributed by atoms with Gasteiger partial charge in [-0.3, -0.25) is 0 Å². The van der Waals surface area contributed by atoms with Crippen LogP contribution in [-0.2, 0) is 43.8 Å². The van der Waals surface area contributed by atoms with E-state index in [1.807, 2.05) is 0 Å². The van der Waals surface area contributed by atoms with Crippen LogP contribution in [-0.4, -0.2) is 20.7 Å². The molecule has 0 aromatic rings. The third-order valence-corrected chi connectivity index (χ3v) is 2.19. The molecule has 0 spiro atoms. The Kier molecular flexibility index (Phi) is 6.35. The Hall–Kier alpha value is -0.0734. The van der Waals surface area contributed by atoms with E-state index < -0.39 is 0 Å². The molecule has 0 saturated heterocycles. The molecule has 0 atom stereocenters. The van der Waals surface area contributed by atoms with Gasteiger partial charge in [-0.25, -0.2) is 0 Å². The van der Waals surface area contributed by atoms with Gasteiger partial charge in [-0.2, -0.15) is 0 Å². The average molecular weight is 520 g/mol. The summed E-state index contributed by atoms with van der Waals surface area (Å²) >= 11 is 1.97. The fraction of sp³-hybridized carbons (Fsp3) is 0.286. The Balaban J connectivity index is 4.95. The molecular formula is C7H8N2O2W2. The zero-order valence-electron chi connectivity index (χ0n) is 7.14. The van der Waals surface area contributed by atoms with Crippen molar-refractivity contribution in [3.63, 3.8) is 0 Å². The molecule has 0 aliphatic heterocycles. The SMILES string of the molecule is CC=C(C(=O)[C](C)=[W])C(O)=N[N]=[W]. The Morgan fingerprint density at radius 3 is 2.38 bits per heavy atom. The number of hydrogen-bond acceptors (Lipinski definition) is 3. The van der Waals surface area contributed by atoms with E-state index in [1.165, 1.54) is 6.08 Å². The van der Waals surface area contributed by atoms with Crippen LogP contribution in [0.25, 0.3) is 0 Å². The van der Waals surface area contributed by atoms with Crippen molar-refractivity contribution in [2.75, 3.05) is 0 Å². The molecule has 13 heavy (non-hydrogen) atoms. The molecule has 0 fully saturated rings. The van der Waals surface area contributed by atoms with E-state index in [4.69, 9.17) is 0 Å². The van der Waals surface area contributed by atoms with E-state index in [9.17, 15) is 9.90 Å². The fourth-order valence-electron chi connectivity index (χ4n) is 0.644. The second-order valence-corrected chi connectivity index (χ2v) is 4.88. The molecule has 0 radical (unpaired) electrons. The van der Waals surface area contributed by atoms with Gasteiger partial charge < -0.3 is 0 Å². The van der Waals surface area contributed by atoms with E-state index in [-0.39, 0.29) is 17.3 Å². The summed E-state index contributed by atoms with van der Waals surface area (Å²) < 4.78 is 4.16. The molecule has 0 saturated carbocycles. The van der Waals surface area contributed by atoms with Gasteiger partial charge in [0.05, 0.1) is 0 Å². The fourth-order valence-corrected chi connectivity index (χ4v) is 1.32. The molecule has 0 aromatic heterocycles. The van der Waals surface area contributed by atoms with Gasteiger partial charge in [-0.15, -0.1) is 0 Å². The van der Waals surface area contributed by atoms with Gasteiger partial charge >= 0.3 is 98.7 Å². The van der Waals surface area contributed by atoms with Crippen molar-refractivity contribution < 1.29 is 48.9 Å². The van der Waals surface area contributed by atoms with Crippen LogP contribution in [0.3, 0.4) is 0 Å². The zero-order chi connectivity index (χ0) is 10.4. The summed E-state index contributed by atoms with van der Waals surface area (Å²) in [6.07, 6.45) is 1.54. The maximum absolute atomic E-state index is 11.4. The Labute approximate surface area is 98.3 Å². The van der Waals surface area contributed by atoms with E-state index in [0.717, 1.165) is 39.0 Å². The van der Waals surface area contributed by atoms with Crippen LogP contribution in [0.15, 0.2) is 20.4 Å². The number of nitrogens with zero attached hydrogens (tertiary/aromatic N) is 2. The van der Waals surface area contributed by atoms with E-state index in [0.29, 0.717) is 3.90 Å². The van der Waals surface area contributed by atoms with Crippen molar-refractivity contribution in [3.8, 4) is 0 Å². The van der Waals surface area contributed by atoms with Crippen LogP contribution in [0.5, 0.6) is 0 Å². The number of aliphatic hydroxyl groups excluding tert-OH is 1. The molecule has 0 rings (SSSR count). The molecule has 0 aromatic carbocycles. The second-order valence-electron chi connectivity index (χ2n) is 2.09. The molecule has 4 nitrogen and oxygen atoms in total. The topological polar surface area (TPSA) is 62.0 Å². The normalized spacial score (nSPS) is 12.5. The van der Waals surface area contributed by atoms with Gasteiger partial charge in [0.2, 0.25) is 0 Å². The van der Waals surface area contributed by atoms with Crippen molar-refractivity contribution in [2.24, 2.45) is 8.71 Å². The summed E-state index contributed by atoms with van der Waals surface area (Å²) in [6, 6.07) is 0. The van der Waals surface area contributed by atoms with Gasteiger partial charge in [-0.05, 0) is 0 Å². The van der Waals surface area contributed by atoms with Crippen molar-refractivity contribution in [2.45, 2.75) is 13.8 Å². The number of ketones is 1. The summed E-state index contributed by atoms with van der Waals surface area (Å²) in [5.41, 5.74) is 0.220. The third-order valence-electron chi connectivity index (χ3n) is 1.23. The first-order valence-corrected chi connectivity index (χ1v) is 6.13. The van der Waals surface area contributed by atoms with Crippen LogP contribution >= 0.6 is 0 Å². The van der Waals surface area contributed by atoms with Crippen LogP contribution in [0, 0.1) is 0 Å². The summed E-state index contributed by atoms with van der Waals surface area (Å²) in [4.78, 5) is 11.4. The number of carbonyl (C=O) groups is 1. The number of aliphatic hydroxyl groups is 1. The van der Waals surface area contributed by atoms with Gasteiger partial charge in [0.25, 0.3) is 0 Å². The first-order chi connectivity index (χ1) is 6.04. The molecule has 0 unspecified atom stereocenters. The van der Waals surface area contributed by atoms with Crippen molar-refractivity contribution >= 4 is 15.6 Å². The van der Waals surface area contributed by atoms with Crippen molar-refractivity contribution in [3.05, 3.63) is 11.6 Å². The number of rotatable bonds is 4. The molecular weight excluding hydrogens is 512 g/mol. The quantitative estimate of drug-likeness (QED) is 0.259. The Morgan fingerprint density at radius 2 is 2.08 bits per heavy atom. The monoisotopic (exact) mass is 520 g/mol. The van der Waals surface area contributed by atoms with Gasteiger partial charge in [0.1, 0.15) is 0 Å². The van der Waals surface area contributed by atoms with E-state index in [1.54, 1.807) is 13.8 Å². The average Bonchev–Trinajstić information content (AvgIpc) is 2.05. The van der Waals surface area contributed by atoms with Crippen molar-refractivity contribution in [1.29, 1.82) is 0 Å². The predicted molar refractivity (Wildman–Crippen MR) is 41.9 cm³/mol. The van der Waals surface area contributed by atoms with Crippen LogP contribution in [0.2, 0.25) is 0 Å². The predicted octanol–water partition coefficient (Wildman–Crippen LogP) is 0.843. The minimum atomic E-state index is -0.303. The summed E-state index contributed by atoms with van der Waals surface area (Å²) in [6.45, 7) is 3.41. The number of hydrogen-bond donors (Lipinski definition) is 1. The van der Waals surface area contributed by atoms with Gasteiger partial charge in [0, 0.05) is 0 Å². The molecule has 70 valence electrons. The summed E-state index contributed by atoms with van der Waals surface area (Å²) in [5, 5.41) is 12.7. The summed E-state index contributed by atoms with van der Waals surface area (Å²) in [7, 11) is 0. The number of Topliss-reactive ketones (excluding diaryl/α,β-unsaturated/α-hetero) is 1. The van der Waals surface area contributed by atoms with Crippen LogP contribution in [0.4, 0.5) is 0 Å². The van der Waals surface area contributed by atoms with Crippen molar-refractivity contribution in [1.82, 2.24) is 0 Å². The zero-order valence-corrected chi connectivity index (χ0v) is 13.0.